The fourth-order valence-electron chi connectivity index (χ4n) is 1.97. The molecule has 0 atom stereocenters. The number of anilines is 1. The second-order valence-corrected chi connectivity index (χ2v) is 7.39. The Hall–Kier alpha value is -1.25. The first-order valence-corrected chi connectivity index (χ1v) is 8.62. The van der Waals surface area contributed by atoms with Crippen molar-refractivity contribution in [1.29, 1.82) is 0 Å². The van der Waals surface area contributed by atoms with Crippen LogP contribution in [0.5, 0.6) is 0 Å². The lowest BCUT2D eigenvalue weighted by Gasteiger charge is -2.08. The molecule has 2 N–H and O–H groups in total. The molecule has 21 heavy (non-hydrogen) atoms. The molecule has 1 fully saturated rings. The molecule has 2 aromatic rings. The van der Waals surface area contributed by atoms with Crippen molar-refractivity contribution in [3.05, 3.63) is 34.2 Å². The molecule has 0 saturated heterocycles. The highest BCUT2D eigenvalue weighted by Gasteiger charge is 2.31. The van der Waals surface area contributed by atoms with Crippen LogP contribution in [-0.4, -0.2) is 18.4 Å². The predicted molar refractivity (Wildman–Crippen MR) is 80.8 cm³/mol. The van der Waals surface area contributed by atoms with Gasteiger partial charge in [0.1, 0.15) is 0 Å². The third kappa shape index (κ3) is 3.33. The largest absolute Gasteiger partial charge is 0.397 e. The maximum absolute atomic E-state index is 13.9. The number of hydrogen-bond acceptors (Lipinski definition) is 6. The van der Waals surface area contributed by atoms with Crippen LogP contribution in [0.15, 0.2) is 22.0 Å². The lowest BCUT2D eigenvalue weighted by molar-refractivity contribution is 0.551. The average Bonchev–Trinajstić information content (AvgIpc) is 3.07. The number of nitrogens with zero attached hydrogens (tertiary/aromatic N) is 2. The quantitative estimate of drug-likeness (QED) is 0.916. The summed E-state index contributed by atoms with van der Waals surface area (Å²) < 4.78 is 38.4. The molecule has 2 aromatic heterocycles. The van der Waals surface area contributed by atoms with Gasteiger partial charge in [-0.05, 0) is 12.8 Å². The average molecular weight is 350 g/mol. The van der Waals surface area contributed by atoms with Crippen molar-refractivity contribution in [1.82, 2.24) is 9.97 Å². The Morgan fingerprint density at radius 2 is 2.14 bits per heavy atom. The summed E-state index contributed by atoms with van der Waals surface area (Å²) in [6.45, 7) is 0. The van der Waals surface area contributed by atoms with E-state index in [-0.39, 0.29) is 29.8 Å². The molecule has 1 aliphatic rings. The van der Waals surface area contributed by atoms with Crippen LogP contribution in [0.1, 0.15) is 30.1 Å². The van der Waals surface area contributed by atoms with E-state index in [1.807, 2.05) is 0 Å². The molecular weight excluding hydrogens is 337 g/mol. The highest BCUT2D eigenvalue weighted by atomic mass is 35.5. The Balaban J connectivity index is 0.00000161. The number of sulfone groups is 1. The zero-order valence-corrected chi connectivity index (χ0v) is 13.3. The fourth-order valence-corrected chi connectivity index (χ4v) is 3.91. The molecule has 2 heterocycles. The number of thiazole rings is 1. The number of pyridine rings is 1. The van der Waals surface area contributed by atoms with Crippen LogP contribution in [0.25, 0.3) is 0 Å². The molecule has 0 radical (unpaired) electrons. The van der Waals surface area contributed by atoms with E-state index in [4.69, 9.17) is 5.73 Å². The number of aromatic nitrogens is 2. The first-order chi connectivity index (χ1) is 9.47. The lowest BCUT2D eigenvalue weighted by Crippen LogP contribution is -2.12. The van der Waals surface area contributed by atoms with Crippen molar-refractivity contribution < 1.29 is 12.8 Å². The van der Waals surface area contributed by atoms with E-state index in [0.29, 0.717) is 11.4 Å². The van der Waals surface area contributed by atoms with Crippen molar-refractivity contribution in [2.75, 3.05) is 5.73 Å². The van der Waals surface area contributed by atoms with Gasteiger partial charge in [0.15, 0.2) is 10.8 Å². The Morgan fingerprint density at radius 1 is 1.43 bits per heavy atom. The maximum atomic E-state index is 13.9. The van der Waals surface area contributed by atoms with Gasteiger partial charge in [0.25, 0.3) is 0 Å². The van der Waals surface area contributed by atoms with Gasteiger partial charge in [-0.3, -0.25) is 0 Å². The predicted octanol–water partition coefficient (Wildman–Crippen LogP) is 2.53. The van der Waals surface area contributed by atoms with Crippen molar-refractivity contribution in [2.45, 2.75) is 29.5 Å². The van der Waals surface area contributed by atoms with Crippen LogP contribution in [-0.2, 0) is 15.6 Å². The van der Waals surface area contributed by atoms with Gasteiger partial charge in [-0.2, -0.15) is 0 Å². The molecule has 0 amide bonds. The smallest absolute Gasteiger partial charge is 0.204 e. The highest BCUT2D eigenvalue weighted by molar-refractivity contribution is 7.90. The van der Waals surface area contributed by atoms with E-state index >= 15 is 0 Å². The van der Waals surface area contributed by atoms with Crippen LogP contribution in [0.3, 0.4) is 0 Å². The van der Waals surface area contributed by atoms with Gasteiger partial charge in [0.2, 0.25) is 9.84 Å². The Kier molecular flexibility index (Phi) is 4.50. The minimum Gasteiger partial charge on any atom is -0.397 e. The summed E-state index contributed by atoms with van der Waals surface area (Å²) in [5.74, 6) is -1.10. The Bertz CT molecular complexity index is 746. The van der Waals surface area contributed by atoms with E-state index in [0.717, 1.165) is 18.9 Å². The molecule has 3 rings (SSSR count). The van der Waals surface area contributed by atoms with Crippen LogP contribution in [0.2, 0.25) is 0 Å². The molecule has 0 spiro atoms. The van der Waals surface area contributed by atoms with E-state index < -0.39 is 20.7 Å². The van der Waals surface area contributed by atoms with E-state index in [9.17, 15) is 12.8 Å². The summed E-state index contributed by atoms with van der Waals surface area (Å²) in [5, 5.41) is 1.09. The Morgan fingerprint density at radius 3 is 2.71 bits per heavy atom. The number of rotatable bonds is 4. The monoisotopic (exact) mass is 349 g/mol. The summed E-state index contributed by atoms with van der Waals surface area (Å²) >= 11 is 1.29. The normalized spacial score (nSPS) is 14.7. The molecule has 0 aromatic carbocycles. The molecule has 0 bridgehead atoms. The van der Waals surface area contributed by atoms with Crippen LogP contribution in [0.4, 0.5) is 10.1 Å². The molecule has 5 nitrogen and oxygen atoms in total. The second kappa shape index (κ2) is 5.86. The van der Waals surface area contributed by atoms with E-state index in [2.05, 4.69) is 9.97 Å². The number of nitrogens with two attached hydrogens (primary N) is 1. The third-order valence-corrected chi connectivity index (χ3v) is 5.27. The topological polar surface area (TPSA) is 85.9 Å². The van der Waals surface area contributed by atoms with Gasteiger partial charge >= 0.3 is 0 Å². The van der Waals surface area contributed by atoms with Crippen molar-refractivity contribution >= 4 is 39.3 Å². The molecule has 114 valence electrons. The summed E-state index contributed by atoms with van der Waals surface area (Å²) in [6.07, 6.45) is 1.82. The summed E-state index contributed by atoms with van der Waals surface area (Å²) in [7, 11) is -3.86. The molecule has 1 saturated carbocycles. The molecular formula is C12H13ClFN3O2S2. The van der Waals surface area contributed by atoms with E-state index in [1.165, 1.54) is 16.8 Å². The fraction of sp³-hybridized carbons (Fsp3) is 0.333. The standard InChI is InChI=1S/C12H12FN3O2S2.ClH/c13-9-3-10(14)11(7-1-2-7)16-12(9)20(17,18)5-8-4-19-6-15-8;/h3-4,6-7H,1-2,5,14H2;1H. The maximum Gasteiger partial charge on any atom is 0.204 e. The van der Waals surface area contributed by atoms with Gasteiger partial charge in [-0.25, -0.2) is 22.8 Å². The third-order valence-electron chi connectivity index (χ3n) is 3.08. The van der Waals surface area contributed by atoms with Gasteiger partial charge < -0.3 is 5.73 Å². The number of halogens is 2. The van der Waals surface area contributed by atoms with Crippen LogP contribution < -0.4 is 5.73 Å². The number of nitrogen functional groups attached to an aromatic ring is 1. The molecule has 0 aliphatic heterocycles. The molecule has 1 aliphatic carbocycles. The summed E-state index contributed by atoms with van der Waals surface area (Å²) in [4.78, 5) is 7.88. The van der Waals surface area contributed by atoms with E-state index in [1.54, 1.807) is 5.38 Å². The molecule has 9 heteroatoms. The lowest BCUT2D eigenvalue weighted by atomic mass is 10.2. The van der Waals surface area contributed by atoms with Crippen LogP contribution >= 0.6 is 23.7 Å². The number of hydrogen-bond donors (Lipinski definition) is 1. The first-order valence-electron chi connectivity index (χ1n) is 6.03. The van der Waals surface area contributed by atoms with Gasteiger partial charge in [-0.1, -0.05) is 0 Å². The SMILES string of the molecule is Cl.Nc1cc(F)c(S(=O)(=O)Cc2cscn2)nc1C1CC1. The molecule has 0 unspecified atom stereocenters. The Labute approximate surface area is 131 Å². The van der Waals surface area contributed by atoms with Crippen molar-refractivity contribution in [3.8, 4) is 0 Å². The minimum absolute atomic E-state index is 0. The highest BCUT2D eigenvalue weighted by Crippen LogP contribution is 2.42. The summed E-state index contributed by atoms with van der Waals surface area (Å²) in [5.41, 5.74) is 8.34. The van der Waals surface area contributed by atoms with Gasteiger partial charge in [0, 0.05) is 17.4 Å². The van der Waals surface area contributed by atoms with Crippen molar-refractivity contribution in [2.24, 2.45) is 0 Å². The second-order valence-electron chi connectivity index (χ2n) is 4.76. The first kappa shape index (κ1) is 16.1. The van der Waals surface area contributed by atoms with Gasteiger partial charge in [0.05, 0.1) is 28.3 Å². The van der Waals surface area contributed by atoms with Crippen LogP contribution in [0, 0.1) is 5.82 Å². The zero-order valence-electron chi connectivity index (χ0n) is 10.8. The minimum atomic E-state index is -3.86. The van der Waals surface area contributed by atoms with Gasteiger partial charge in [-0.15, -0.1) is 23.7 Å². The van der Waals surface area contributed by atoms with Crippen molar-refractivity contribution in [3.63, 3.8) is 0 Å². The zero-order chi connectivity index (χ0) is 14.3. The summed E-state index contributed by atoms with van der Waals surface area (Å²) in [6, 6.07) is 1.05.